The third-order valence-corrected chi connectivity index (χ3v) is 2.39. The Morgan fingerprint density at radius 1 is 1.41 bits per heavy atom. The lowest BCUT2D eigenvalue weighted by Crippen LogP contribution is -1.94. The fraction of sp³-hybridized carbons (Fsp3) is 0.167. The van der Waals surface area contributed by atoms with Gasteiger partial charge in [-0.3, -0.25) is 0 Å². The normalized spacial score (nSPS) is 10.3. The molecule has 0 atom stereocenters. The highest BCUT2D eigenvalue weighted by Gasteiger charge is 2.08. The van der Waals surface area contributed by atoms with Crippen LogP contribution in [0.25, 0.3) is 0 Å². The highest BCUT2D eigenvalue weighted by Crippen LogP contribution is 2.23. The van der Waals surface area contributed by atoms with E-state index in [1.165, 1.54) is 0 Å². The van der Waals surface area contributed by atoms with Crippen LogP contribution in [0.5, 0.6) is 11.6 Å². The zero-order chi connectivity index (χ0) is 12.3. The van der Waals surface area contributed by atoms with E-state index < -0.39 is 5.82 Å². The van der Waals surface area contributed by atoms with Crippen LogP contribution in [0.4, 0.5) is 4.39 Å². The van der Waals surface area contributed by atoms with Gasteiger partial charge in [-0.2, -0.15) is 9.37 Å². The van der Waals surface area contributed by atoms with E-state index in [-0.39, 0.29) is 11.2 Å². The largest absolute Gasteiger partial charge is 0.436 e. The number of ether oxygens (including phenoxy) is 1. The van der Waals surface area contributed by atoms with Crippen LogP contribution >= 0.6 is 11.6 Å². The van der Waals surface area contributed by atoms with Gasteiger partial charge in [0.25, 0.3) is 5.88 Å². The second-order valence-electron chi connectivity index (χ2n) is 3.40. The van der Waals surface area contributed by atoms with Gasteiger partial charge in [0.15, 0.2) is 0 Å². The van der Waals surface area contributed by atoms with E-state index in [1.54, 1.807) is 6.07 Å². The van der Waals surface area contributed by atoms with Crippen molar-refractivity contribution in [2.45, 2.75) is 13.3 Å². The summed E-state index contributed by atoms with van der Waals surface area (Å²) in [5.74, 6) is -0.285. The van der Waals surface area contributed by atoms with Gasteiger partial charge in [0, 0.05) is 0 Å². The third-order valence-electron chi connectivity index (χ3n) is 2.20. The molecule has 0 aliphatic heterocycles. The Morgan fingerprint density at radius 2 is 2.24 bits per heavy atom. The number of aryl methyl sites for hydroxylation is 1. The highest BCUT2D eigenvalue weighted by atomic mass is 35.5. The molecule has 0 radical (unpaired) electrons. The first kappa shape index (κ1) is 11.8. The van der Waals surface area contributed by atoms with Gasteiger partial charge in [-0.15, -0.1) is 0 Å². The van der Waals surface area contributed by atoms with Gasteiger partial charge in [0.05, 0.1) is 6.20 Å². The van der Waals surface area contributed by atoms with E-state index in [4.69, 9.17) is 16.3 Å². The number of aromatic nitrogens is 2. The van der Waals surface area contributed by atoms with Crippen molar-refractivity contribution < 1.29 is 9.13 Å². The lowest BCUT2D eigenvalue weighted by Gasteiger charge is -2.06. The van der Waals surface area contributed by atoms with Crippen molar-refractivity contribution in [2.75, 3.05) is 0 Å². The van der Waals surface area contributed by atoms with Crippen LogP contribution in [0.1, 0.15) is 12.5 Å². The third kappa shape index (κ3) is 2.91. The topological polar surface area (TPSA) is 35.0 Å². The van der Waals surface area contributed by atoms with Crippen molar-refractivity contribution in [3.05, 3.63) is 47.1 Å². The Kier molecular flexibility index (Phi) is 3.54. The van der Waals surface area contributed by atoms with Gasteiger partial charge >= 0.3 is 0 Å². The fourth-order valence-electron chi connectivity index (χ4n) is 1.34. The van der Waals surface area contributed by atoms with E-state index in [1.807, 2.05) is 25.1 Å². The number of hydrogen-bond acceptors (Lipinski definition) is 3. The van der Waals surface area contributed by atoms with Crippen LogP contribution in [-0.2, 0) is 6.42 Å². The summed E-state index contributed by atoms with van der Waals surface area (Å²) in [6, 6.07) is 7.37. The Balaban J connectivity index is 2.27. The predicted molar refractivity (Wildman–Crippen MR) is 62.9 cm³/mol. The van der Waals surface area contributed by atoms with Crippen LogP contribution in [0.3, 0.4) is 0 Å². The van der Waals surface area contributed by atoms with Crippen LogP contribution in [0.15, 0.2) is 30.5 Å². The summed E-state index contributed by atoms with van der Waals surface area (Å²) in [6.45, 7) is 2.03. The van der Waals surface area contributed by atoms with Crippen molar-refractivity contribution in [3.63, 3.8) is 0 Å². The highest BCUT2D eigenvalue weighted by molar-refractivity contribution is 6.28. The minimum Gasteiger partial charge on any atom is -0.436 e. The Bertz CT molecular complexity index is 534. The molecule has 17 heavy (non-hydrogen) atoms. The number of hydrogen-bond donors (Lipinski definition) is 0. The molecule has 0 fully saturated rings. The first-order chi connectivity index (χ1) is 8.19. The molecule has 3 nitrogen and oxygen atoms in total. The van der Waals surface area contributed by atoms with Crippen LogP contribution in [0, 0.1) is 5.82 Å². The molecule has 0 aliphatic carbocycles. The second-order valence-corrected chi connectivity index (χ2v) is 3.73. The first-order valence-corrected chi connectivity index (χ1v) is 5.51. The summed E-state index contributed by atoms with van der Waals surface area (Å²) in [5, 5.41) is -0.0481. The van der Waals surface area contributed by atoms with Crippen LogP contribution < -0.4 is 4.74 Å². The average molecular weight is 253 g/mol. The summed E-state index contributed by atoms with van der Waals surface area (Å²) in [7, 11) is 0. The lowest BCUT2D eigenvalue weighted by molar-refractivity contribution is 0.419. The fourth-order valence-corrected chi connectivity index (χ4v) is 1.47. The monoisotopic (exact) mass is 252 g/mol. The Hall–Kier alpha value is -1.68. The zero-order valence-electron chi connectivity index (χ0n) is 9.15. The lowest BCUT2D eigenvalue weighted by atomic mass is 10.2. The van der Waals surface area contributed by atoms with Gasteiger partial charge in [-0.1, -0.05) is 19.1 Å². The minimum absolute atomic E-state index is 0.0481. The van der Waals surface area contributed by atoms with Crippen molar-refractivity contribution in [1.29, 1.82) is 0 Å². The van der Waals surface area contributed by atoms with Gasteiger partial charge in [0.1, 0.15) is 5.75 Å². The number of nitrogens with zero attached hydrogens (tertiary/aromatic N) is 2. The van der Waals surface area contributed by atoms with E-state index >= 15 is 0 Å². The average Bonchev–Trinajstić information content (AvgIpc) is 2.34. The van der Waals surface area contributed by atoms with Crippen molar-refractivity contribution in [1.82, 2.24) is 9.97 Å². The number of rotatable bonds is 3. The molecule has 0 amide bonds. The van der Waals surface area contributed by atoms with E-state index in [9.17, 15) is 4.39 Å². The Labute approximate surface area is 103 Å². The number of halogens is 2. The molecule has 0 N–H and O–H groups in total. The van der Waals surface area contributed by atoms with Crippen molar-refractivity contribution in [2.24, 2.45) is 0 Å². The summed E-state index contributed by atoms with van der Waals surface area (Å²) in [6.07, 6.45) is 1.86. The molecule has 0 saturated heterocycles. The molecular weight excluding hydrogens is 243 g/mol. The molecule has 1 aromatic heterocycles. The molecule has 2 aromatic rings. The standard InChI is InChI=1S/C12H10ClFN2O/c1-2-8-4-3-5-9(6-8)17-11-10(14)7-15-12(13)16-11/h3-7H,2H2,1H3. The zero-order valence-corrected chi connectivity index (χ0v) is 9.91. The Morgan fingerprint density at radius 3 is 3.00 bits per heavy atom. The molecule has 0 aliphatic rings. The smallest absolute Gasteiger partial charge is 0.260 e. The maximum atomic E-state index is 13.3. The van der Waals surface area contributed by atoms with E-state index in [0.717, 1.165) is 18.2 Å². The van der Waals surface area contributed by atoms with Crippen LogP contribution in [-0.4, -0.2) is 9.97 Å². The maximum absolute atomic E-state index is 13.3. The SMILES string of the molecule is CCc1cccc(Oc2nc(Cl)ncc2F)c1. The van der Waals surface area contributed by atoms with E-state index in [0.29, 0.717) is 5.75 Å². The molecule has 2 rings (SSSR count). The minimum atomic E-state index is -0.642. The molecule has 1 aromatic carbocycles. The summed E-state index contributed by atoms with van der Waals surface area (Å²) >= 11 is 5.57. The molecule has 0 bridgehead atoms. The molecule has 0 spiro atoms. The molecule has 0 unspecified atom stereocenters. The molecule has 88 valence electrons. The van der Waals surface area contributed by atoms with Gasteiger partial charge < -0.3 is 4.74 Å². The van der Waals surface area contributed by atoms with Gasteiger partial charge in [0.2, 0.25) is 11.1 Å². The number of benzene rings is 1. The van der Waals surface area contributed by atoms with Gasteiger partial charge in [-0.05, 0) is 35.7 Å². The molecule has 1 heterocycles. The first-order valence-electron chi connectivity index (χ1n) is 5.14. The van der Waals surface area contributed by atoms with Crippen LogP contribution in [0.2, 0.25) is 5.28 Å². The van der Waals surface area contributed by atoms with Gasteiger partial charge in [-0.25, -0.2) is 4.98 Å². The maximum Gasteiger partial charge on any atom is 0.260 e. The summed E-state index contributed by atoms with van der Waals surface area (Å²) in [4.78, 5) is 7.19. The molecular formula is C12H10ClFN2O. The predicted octanol–water partition coefficient (Wildman–Crippen LogP) is 3.62. The molecule has 0 saturated carbocycles. The second kappa shape index (κ2) is 5.10. The van der Waals surface area contributed by atoms with Crippen molar-refractivity contribution >= 4 is 11.6 Å². The summed E-state index contributed by atoms with van der Waals surface area (Å²) in [5.41, 5.74) is 1.10. The summed E-state index contributed by atoms with van der Waals surface area (Å²) < 4.78 is 18.7. The molecule has 5 heteroatoms. The van der Waals surface area contributed by atoms with Crippen molar-refractivity contribution in [3.8, 4) is 11.6 Å². The quantitative estimate of drug-likeness (QED) is 0.783. The van der Waals surface area contributed by atoms with E-state index in [2.05, 4.69) is 9.97 Å².